The Balaban J connectivity index is 1.32. The SMILES string of the molecule is c1ccc(-c2ccc(N(c3cccc4oc5ccccc5c34)c3cccc4c3c3cc5ccccc5cc3n4-c3ccccc3)cc2)cc1. The number of furan rings is 1. The monoisotopic (exact) mass is 626 g/mol. The lowest BCUT2D eigenvalue weighted by Gasteiger charge is -2.27. The van der Waals surface area contributed by atoms with E-state index in [2.05, 4.69) is 185 Å². The Morgan fingerprint density at radius 3 is 1.82 bits per heavy atom. The average molecular weight is 627 g/mol. The Morgan fingerprint density at radius 1 is 0.408 bits per heavy atom. The van der Waals surface area contributed by atoms with Gasteiger partial charge in [-0.25, -0.2) is 0 Å². The molecule has 0 fully saturated rings. The average Bonchev–Trinajstić information content (AvgIpc) is 3.71. The second kappa shape index (κ2) is 11.0. The molecular formula is C46H30N2O. The lowest BCUT2D eigenvalue weighted by atomic mass is 10.0. The molecule has 8 aromatic carbocycles. The zero-order valence-corrected chi connectivity index (χ0v) is 26.6. The lowest BCUT2D eigenvalue weighted by molar-refractivity contribution is 0.669. The molecule has 0 saturated carbocycles. The van der Waals surface area contributed by atoms with Crippen LogP contribution < -0.4 is 4.90 Å². The highest BCUT2D eigenvalue weighted by atomic mass is 16.3. The molecule has 3 nitrogen and oxygen atoms in total. The minimum absolute atomic E-state index is 0.870. The lowest BCUT2D eigenvalue weighted by Crippen LogP contribution is -2.11. The van der Waals surface area contributed by atoms with Gasteiger partial charge in [0, 0.05) is 27.5 Å². The maximum Gasteiger partial charge on any atom is 0.137 e. The molecule has 0 aliphatic rings. The standard InChI is InChI=1S/C46H30N2O/c1-3-13-31(14-4-1)32-25-27-36(28-26-32)47(41-22-12-24-44-46(41)37-19-9-10-23-43(37)49-44)39-20-11-21-40-45(39)38-29-33-15-7-8-16-34(33)30-42(38)48(40)35-17-5-2-6-18-35/h1-30H. The predicted molar refractivity (Wildman–Crippen MR) is 206 cm³/mol. The van der Waals surface area contributed by atoms with Gasteiger partial charge in [-0.05, 0) is 88.6 Å². The van der Waals surface area contributed by atoms with Gasteiger partial charge in [-0.2, -0.15) is 0 Å². The van der Waals surface area contributed by atoms with E-state index in [9.17, 15) is 0 Å². The van der Waals surface area contributed by atoms with Crippen molar-refractivity contribution in [2.24, 2.45) is 0 Å². The maximum absolute atomic E-state index is 6.43. The smallest absolute Gasteiger partial charge is 0.137 e. The first kappa shape index (κ1) is 27.5. The van der Waals surface area contributed by atoms with Crippen LogP contribution in [0.15, 0.2) is 186 Å². The molecule has 0 unspecified atom stereocenters. The third kappa shape index (κ3) is 4.37. The van der Waals surface area contributed by atoms with Crippen LogP contribution in [0.3, 0.4) is 0 Å². The van der Waals surface area contributed by atoms with Crippen molar-refractivity contribution in [3.63, 3.8) is 0 Å². The van der Waals surface area contributed by atoms with Crippen LogP contribution in [0.25, 0.3) is 71.3 Å². The highest BCUT2D eigenvalue weighted by Crippen LogP contribution is 2.48. The van der Waals surface area contributed by atoms with Crippen LogP contribution in [0.2, 0.25) is 0 Å². The zero-order valence-electron chi connectivity index (χ0n) is 26.6. The van der Waals surface area contributed by atoms with Crippen molar-refractivity contribution in [1.82, 2.24) is 4.57 Å². The van der Waals surface area contributed by atoms with Crippen LogP contribution >= 0.6 is 0 Å². The van der Waals surface area contributed by atoms with Crippen molar-refractivity contribution in [3.05, 3.63) is 182 Å². The topological polar surface area (TPSA) is 21.3 Å². The summed E-state index contributed by atoms with van der Waals surface area (Å²) in [7, 11) is 0. The van der Waals surface area contributed by atoms with Crippen LogP contribution in [0.5, 0.6) is 0 Å². The molecule has 0 radical (unpaired) electrons. The normalized spacial score (nSPS) is 11.7. The first-order chi connectivity index (χ1) is 24.3. The first-order valence-electron chi connectivity index (χ1n) is 16.7. The molecule has 0 spiro atoms. The molecule has 0 saturated heterocycles. The molecule has 10 rings (SSSR count). The maximum atomic E-state index is 6.43. The molecule has 0 N–H and O–H groups in total. The molecule has 3 heteroatoms. The molecule has 2 heterocycles. The van der Waals surface area contributed by atoms with E-state index in [0.717, 1.165) is 50.2 Å². The van der Waals surface area contributed by atoms with Gasteiger partial charge < -0.3 is 13.9 Å². The van der Waals surface area contributed by atoms with Crippen molar-refractivity contribution in [1.29, 1.82) is 0 Å². The number of para-hydroxylation sites is 2. The van der Waals surface area contributed by atoms with Gasteiger partial charge in [0.1, 0.15) is 11.2 Å². The number of hydrogen-bond acceptors (Lipinski definition) is 2. The van der Waals surface area contributed by atoms with Crippen LogP contribution in [0.4, 0.5) is 17.1 Å². The fraction of sp³-hybridized carbons (Fsp3) is 0. The van der Waals surface area contributed by atoms with Crippen molar-refractivity contribution in [3.8, 4) is 16.8 Å². The van der Waals surface area contributed by atoms with E-state index in [1.54, 1.807) is 0 Å². The summed E-state index contributed by atoms with van der Waals surface area (Å²) in [5, 5.41) is 7.05. The minimum atomic E-state index is 0.870. The van der Waals surface area contributed by atoms with E-state index in [0.29, 0.717) is 0 Å². The molecule has 0 atom stereocenters. The third-order valence-corrected chi connectivity index (χ3v) is 9.75. The van der Waals surface area contributed by atoms with Gasteiger partial charge in [-0.1, -0.05) is 115 Å². The Bertz CT molecular complexity index is 2810. The van der Waals surface area contributed by atoms with Gasteiger partial charge >= 0.3 is 0 Å². The number of benzene rings is 8. The molecule has 49 heavy (non-hydrogen) atoms. The van der Waals surface area contributed by atoms with E-state index in [-0.39, 0.29) is 0 Å². The molecule has 0 amide bonds. The molecular weight excluding hydrogens is 597 g/mol. The number of hydrogen-bond donors (Lipinski definition) is 0. The molecule has 2 aromatic heterocycles. The summed E-state index contributed by atoms with van der Waals surface area (Å²) in [4.78, 5) is 2.42. The summed E-state index contributed by atoms with van der Waals surface area (Å²) >= 11 is 0. The minimum Gasteiger partial charge on any atom is -0.456 e. The Kier molecular flexibility index (Phi) is 6.18. The van der Waals surface area contributed by atoms with E-state index in [1.165, 1.54) is 38.2 Å². The number of fused-ring (bicyclic) bond motifs is 7. The summed E-state index contributed by atoms with van der Waals surface area (Å²) in [6.45, 7) is 0. The number of nitrogens with zero attached hydrogens (tertiary/aromatic N) is 2. The fourth-order valence-corrected chi connectivity index (χ4v) is 7.56. The number of aromatic nitrogens is 1. The highest BCUT2D eigenvalue weighted by Gasteiger charge is 2.24. The summed E-state index contributed by atoms with van der Waals surface area (Å²) < 4.78 is 8.84. The molecule has 230 valence electrons. The largest absolute Gasteiger partial charge is 0.456 e. The van der Waals surface area contributed by atoms with Crippen molar-refractivity contribution < 1.29 is 4.42 Å². The Hall–Kier alpha value is -6.58. The van der Waals surface area contributed by atoms with Crippen LogP contribution in [0, 0.1) is 0 Å². The van der Waals surface area contributed by atoms with Crippen molar-refractivity contribution >= 4 is 71.6 Å². The van der Waals surface area contributed by atoms with Gasteiger partial charge in [-0.3, -0.25) is 0 Å². The van der Waals surface area contributed by atoms with Gasteiger partial charge in [0.15, 0.2) is 0 Å². The quantitative estimate of drug-likeness (QED) is 0.190. The summed E-state index contributed by atoms with van der Waals surface area (Å²) in [5.41, 5.74) is 10.9. The van der Waals surface area contributed by atoms with E-state index < -0.39 is 0 Å². The molecule has 0 aliphatic carbocycles. The first-order valence-corrected chi connectivity index (χ1v) is 16.7. The second-order valence-electron chi connectivity index (χ2n) is 12.6. The summed E-state index contributed by atoms with van der Waals surface area (Å²) in [5.74, 6) is 0. The molecule has 0 aliphatic heterocycles. The third-order valence-electron chi connectivity index (χ3n) is 9.75. The van der Waals surface area contributed by atoms with Crippen molar-refractivity contribution in [2.45, 2.75) is 0 Å². The van der Waals surface area contributed by atoms with Crippen LogP contribution in [-0.2, 0) is 0 Å². The van der Waals surface area contributed by atoms with E-state index in [4.69, 9.17) is 4.42 Å². The van der Waals surface area contributed by atoms with Crippen LogP contribution in [-0.4, -0.2) is 4.57 Å². The van der Waals surface area contributed by atoms with E-state index >= 15 is 0 Å². The fourth-order valence-electron chi connectivity index (χ4n) is 7.56. The number of anilines is 3. The van der Waals surface area contributed by atoms with Gasteiger partial charge in [-0.15, -0.1) is 0 Å². The summed E-state index contributed by atoms with van der Waals surface area (Å²) in [6.07, 6.45) is 0. The highest BCUT2D eigenvalue weighted by molar-refractivity contribution is 6.21. The van der Waals surface area contributed by atoms with Crippen LogP contribution in [0.1, 0.15) is 0 Å². The molecule has 10 aromatic rings. The Labute approximate surface area is 283 Å². The molecule has 0 bridgehead atoms. The van der Waals surface area contributed by atoms with Gasteiger partial charge in [0.2, 0.25) is 0 Å². The zero-order chi connectivity index (χ0) is 32.3. The summed E-state index contributed by atoms with van der Waals surface area (Å²) in [6, 6.07) is 65.0. The van der Waals surface area contributed by atoms with E-state index in [1.807, 2.05) is 6.07 Å². The number of rotatable bonds is 5. The second-order valence-corrected chi connectivity index (χ2v) is 12.6. The van der Waals surface area contributed by atoms with Gasteiger partial charge in [0.25, 0.3) is 0 Å². The van der Waals surface area contributed by atoms with Gasteiger partial charge in [0.05, 0.1) is 27.8 Å². The Morgan fingerprint density at radius 2 is 1.02 bits per heavy atom. The van der Waals surface area contributed by atoms with Crippen molar-refractivity contribution in [2.75, 3.05) is 4.90 Å². The predicted octanol–water partition coefficient (Wildman–Crippen LogP) is 13.0.